The second-order valence-corrected chi connectivity index (χ2v) is 6.16. The van der Waals surface area contributed by atoms with E-state index in [2.05, 4.69) is 27.3 Å². The molecule has 7 heteroatoms. The summed E-state index contributed by atoms with van der Waals surface area (Å²) in [6.07, 6.45) is 0.378. The third-order valence-electron chi connectivity index (χ3n) is 2.77. The van der Waals surface area contributed by atoms with Crippen molar-refractivity contribution in [1.29, 1.82) is 0 Å². The van der Waals surface area contributed by atoms with Gasteiger partial charge in [0.15, 0.2) is 6.10 Å². The van der Waals surface area contributed by atoms with Gasteiger partial charge in [0, 0.05) is 9.65 Å². The fourth-order valence-electron chi connectivity index (χ4n) is 1.65. The summed E-state index contributed by atoms with van der Waals surface area (Å²) in [5, 5.41) is 8.55. The fraction of sp³-hybridized carbons (Fsp3) is 0.333. The summed E-state index contributed by atoms with van der Waals surface area (Å²) < 4.78 is 32.7. The van der Waals surface area contributed by atoms with Gasteiger partial charge in [-0.1, -0.05) is 26.0 Å². The number of hydrogen-bond donors (Lipinski definition) is 1. The van der Waals surface area contributed by atoms with Crippen LogP contribution in [0.15, 0.2) is 30.3 Å². The molecule has 1 aromatic carbocycles. The molecular formula is C15H15F2IO4. The Balaban J connectivity index is 2.80. The van der Waals surface area contributed by atoms with Crippen molar-refractivity contribution in [2.24, 2.45) is 5.92 Å². The summed E-state index contributed by atoms with van der Waals surface area (Å²) in [5.41, 5.74) is 0.698. The van der Waals surface area contributed by atoms with E-state index in [1.807, 2.05) is 12.1 Å². The van der Waals surface area contributed by atoms with E-state index in [1.54, 1.807) is 12.1 Å². The lowest BCUT2D eigenvalue weighted by atomic mass is 10.0. The van der Waals surface area contributed by atoms with Crippen LogP contribution in [0.3, 0.4) is 0 Å². The topological polar surface area (TPSA) is 63.6 Å². The van der Waals surface area contributed by atoms with Crippen molar-refractivity contribution in [1.82, 2.24) is 0 Å². The zero-order valence-corrected chi connectivity index (χ0v) is 14.1. The van der Waals surface area contributed by atoms with Crippen molar-refractivity contribution in [3.8, 4) is 0 Å². The summed E-state index contributed by atoms with van der Waals surface area (Å²) in [5.74, 6) is -8.32. The molecule has 1 rings (SSSR count). The molecule has 1 unspecified atom stereocenters. The number of carboxylic acids is 1. The number of benzene rings is 1. The predicted octanol–water partition coefficient (Wildman–Crippen LogP) is 3.59. The second kappa shape index (κ2) is 7.66. The van der Waals surface area contributed by atoms with Gasteiger partial charge in [0.25, 0.3) is 0 Å². The average Bonchev–Trinajstić information content (AvgIpc) is 2.43. The summed E-state index contributed by atoms with van der Waals surface area (Å²) in [6, 6.07) is 7.14. The molecule has 120 valence electrons. The summed E-state index contributed by atoms with van der Waals surface area (Å²) in [6.45, 7) is 2.72. The normalized spacial score (nSPS) is 13.4. The molecule has 0 radical (unpaired) electrons. The van der Waals surface area contributed by atoms with Crippen molar-refractivity contribution < 1.29 is 28.2 Å². The number of carbonyl (C=O) groups is 2. The first-order chi connectivity index (χ1) is 10.1. The van der Waals surface area contributed by atoms with Crippen LogP contribution in [-0.4, -0.2) is 29.1 Å². The molecule has 0 saturated carbocycles. The number of aliphatic carboxylic acids is 1. The highest BCUT2D eigenvalue weighted by Gasteiger charge is 2.51. The first-order valence-corrected chi connectivity index (χ1v) is 7.48. The number of halogens is 3. The largest absolute Gasteiger partial charge is 0.477 e. The molecule has 0 saturated heterocycles. The van der Waals surface area contributed by atoms with Crippen LogP contribution in [0.25, 0.3) is 6.08 Å². The van der Waals surface area contributed by atoms with Crippen LogP contribution in [-0.2, 0) is 14.3 Å². The van der Waals surface area contributed by atoms with Crippen LogP contribution in [0, 0.1) is 9.49 Å². The molecular weight excluding hydrogens is 409 g/mol. The van der Waals surface area contributed by atoms with Crippen LogP contribution in [0.2, 0.25) is 0 Å². The summed E-state index contributed by atoms with van der Waals surface area (Å²) >= 11 is 2.12. The van der Waals surface area contributed by atoms with E-state index in [1.165, 1.54) is 19.9 Å². The lowest BCUT2D eigenvalue weighted by molar-refractivity contribution is -0.196. The number of rotatable bonds is 6. The third-order valence-corrected chi connectivity index (χ3v) is 3.49. The number of alkyl halides is 2. The minimum absolute atomic E-state index is 0.698. The van der Waals surface area contributed by atoms with Gasteiger partial charge < -0.3 is 9.84 Å². The quantitative estimate of drug-likeness (QED) is 0.431. The Morgan fingerprint density at radius 2 is 1.82 bits per heavy atom. The second-order valence-electron chi connectivity index (χ2n) is 4.91. The predicted molar refractivity (Wildman–Crippen MR) is 85.5 cm³/mol. The zero-order chi connectivity index (χ0) is 16.9. The molecule has 0 heterocycles. The van der Waals surface area contributed by atoms with Crippen LogP contribution in [0.5, 0.6) is 0 Å². The van der Waals surface area contributed by atoms with Gasteiger partial charge in [-0.25, -0.2) is 9.59 Å². The van der Waals surface area contributed by atoms with Crippen LogP contribution in [0.1, 0.15) is 19.4 Å². The molecule has 1 N–H and O–H groups in total. The number of carboxylic acid groups (broad SMARTS) is 1. The third kappa shape index (κ3) is 5.04. The number of ether oxygens (including phenoxy) is 1. The Morgan fingerprint density at radius 3 is 2.27 bits per heavy atom. The van der Waals surface area contributed by atoms with Crippen molar-refractivity contribution >= 4 is 40.6 Å². The van der Waals surface area contributed by atoms with Gasteiger partial charge in [-0.3, -0.25) is 0 Å². The summed E-state index contributed by atoms with van der Waals surface area (Å²) in [4.78, 5) is 22.2. The maximum absolute atomic E-state index is 13.5. The molecule has 0 aliphatic heterocycles. The van der Waals surface area contributed by atoms with Gasteiger partial charge in [0.2, 0.25) is 0 Å². The number of carbonyl (C=O) groups excluding carboxylic acids is 1. The van der Waals surface area contributed by atoms with Gasteiger partial charge in [-0.15, -0.1) is 0 Å². The molecule has 0 amide bonds. The Hall–Kier alpha value is -1.51. The minimum Gasteiger partial charge on any atom is -0.477 e. The average molecular weight is 424 g/mol. The highest BCUT2D eigenvalue weighted by atomic mass is 127. The van der Waals surface area contributed by atoms with E-state index in [0.29, 0.717) is 5.56 Å². The van der Waals surface area contributed by atoms with E-state index in [9.17, 15) is 18.4 Å². The number of esters is 1. The first-order valence-electron chi connectivity index (χ1n) is 6.40. The van der Waals surface area contributed by atoms with Gasteiger partial charge in [-0.05, 0) is 52.3 Å². The van der Waals surface area contributed by atoms with E-state index in [4.69, 9.17) is 5.11 Å². The summed E-state index contributed by atoms with van der Waals surface area (Å²) in [7, 11) is 0. The Morgan fingerprint density at radius 1 is 1.27 bits per heavy atom. The molecule has 0 aliphatic carbocycles. The smallest absolute Gasteiger partial charge is 0.378 e. The monoisotopic (exact) mass is 424 g/mol. The van der Waals surface area contributed by atoms with E-state index >= 15 is 0 Å². The van der Waals surface area contributed by atoms with Crippen LogP contribution >= 0.6 is 22.6 Å². The molecule has 1 aromatic rings. The minimum atomic E-state index is -4.14. The van der Waals surface area contributed by atoms with Gasteiger partial charge in [0.05, 0.1) is 0 Å². The highest BCUT2D eigenvalue weighted by Crippen LogP contribution is 2.27. The SMILES string of the molecule is CC(C)C(OC(=O)/C=C/c1ccc(I)cc1)C(F)(F)C(=O)O. The molecule has 1 atom stereocenters. The maximum atomic E-state index is 13.5. The fourth-order valence-corrected chi connectivity index (χ4v) is 2.01. The Kier molecular flexibility index (Phi) is 6.46. The van der Waals surface area contributed by atoms with Crippen molar-refractivity contribution in [3.05, 3.63) is 39.5 Å². The van der Waals surface area contributed by atoms with E-state index < -0.39 is 29.9 Å². The van der Waals surface area contributed by atoms with E-state index in [-0.39, 0.29) is 0 Å². The van der Waals surface area contributed by atoms with Crippen molar-refractivity contribution in [2.45, 2.75) is 25.9 Å². The van der Waals surface area contributed by atoms with Gasteiger partial charge in [0.1, 0.15) is 0 Å². The molecule has 0 fully saturated rings. The van der Waals surface area contributed by atoms with Crippen LogP contribution in [0.4, 0.5) is 8.78 Å². The Bertz CT molecular complexity index is 567. The molecule has 0 spiro atoms. The zero-order valence-electron chi connectivity index (χ0n) is 11.9. The van der Waals surface area contributed by atoms with E-state index in [0.717, 1.165) is 9.65 Å². The first kappa shape index (κ1) is 18.5. The lowest BCUT2D eigenvalue weighted by Gasteiger charge is -2.25. The molecule has 22 heavy (non-hydrogen) atoms. The van der Waals surface area contributed by atoms with Crippen molar-refractivity contribution in [3.63, 3.8) is 0 Å². The molecule has 0 bridgehead atoms. The van der Waals surface area contributed by atoms with Crippen molar-refractivity contribution in [2.75, 3.05) is 0 Å². The van der Waals surface area contributed by atoms with Gasteiger partial charge >= 0.3 is 17.9 Å². The molecule has 0 aromatic heterocycles. The Labute approximate surface area is 140 Å². The number of hydrogen-bond acceptors (Lipinski definition) is 3. The molecule has 4 nitrogen and oxygen atoms in total. The molecule has 0 aliphatic rings. The van der Waals surface area contributed by atoms with Gasteiger partial charge in [-0.2, -0.15) is 8.78 Å². The standard InChI is InChI=1S/C15H15F2IO4/c1-9(2)13(15(16,17)14(20)21)22-12(19)8-5-10-3-6-11(18)7-4-10/h3-9,13H,1-2H3,(H,20,21)/b8-5+. The lowest BCUT2D eigenvalue weighted by Crippen LogP contribution is -2.46. The highest BCUT2D eigenvalue weighted by molar-refractivity contribution is 14.1. The maximum Gasteiger partial charge on any atom is 0.378 e. The van der Waals surface area contributed by atoms with Crippen LogP contribution < -0.4 is 0 Å².